The highest BCUT2D eigenvalue weighted by Gasteiger charge is 1.98. The summed E-state index contributed by atoms with van der Waals surface area (Å²) in [5, 5.41) is 2.37. The SMILES string of the molecule is CS(C)(=O)=Nc1nc(Br)cs1. The molecule has 0 N–H and O–H groups in total. The highest BCUT2D eigenvalue weighted by molar-refractivity contribution is 9.10. The fourth-order valence-corrected chi connectivity index (χ4v) is 2.58. The van der Waals surface area contributed by atoms with Gasteiger partial charge in [-0.1, -0.05) is 0 Å². The van der Waals surface area contributed by atoms with E-state index in [1.165, 1.54) is 11.3 Å². The third-order valence-corrected chi connectivity index (χ3v) is 2.93. The predicted molar refractivity (Wildman–Crippen MR) is 51.9 cm³/mol. The molecule has 0 bridgehead atoms. The maximum absolute atomic E-state index is 11.2. The van der Waals surface area contributed by atoms with E-state index in [4.69, 9.17) is 0 Å². The first-order valence-corrected chi connectivity index (χ1v) is 6.76. The molecule has 0 fully saturated rings. The summed E-state index contributed by atoms with van der Waals surface area (Å²) in [5.41, 5.74) is 0. The molecule has 0 saturated carbocycles. The molecular weight excluding hydrogens is 248 g/mol. The molecule has 1 rings (SSSR count). The summed E-state index contributed by atoms with van der Waals surface area (Å²) in [6, 6.07) is 0. The van der Waals surface area contributed by atoms with Crippen molar-refractivity contribution < 1.29 is 4.21 Å². The lowest BCUT2D eigenvalue weighted by Gasteiger charge is -1.88. The Hall–Kier alpha value is 0.0600. The number of hydrogen-bond donors (Lipinski definition) is 0. The molecule has 11 heavy (non-hydrogen) atoms. The molecule has 6 heteroatoms. The molecule has 0 amide bonds. The van der Waals surface area contributed by atoms with Crippen molar-refractivity contribution in [1.29, 1.82) is 0 Å². The molecule has 0 radical (unpaired) electrons. The Morgan fingerprint density at radius 2 is 2.36 bits per heavy atom. The fourth-order valence-electron chi connectivity index (χ4n) is 0.475. The van der Waals surface area contributed by atoms with E-state index in [9.17, 15) is 4.21 Å². The lowest BCUT2D eigenvalue weighted by Crippen LogP contribution is -1.88. The van der Waals surface area contributed by atoms with Gasteiger partial charge in [0.25, 0.3) is 0 Å². The van der Waals surface area contributed by atoms with Gasteiger partial charge in [-0.15, -0.1) is 11.3 Å². The molecule has 1 aromatic heterocycles. The Balaban J connectivity index is 3.07. The standard InChI is InChI=1S/C5H7BrN2OS2/c1-11(2,9)8-5-7-4(6)3-10-5/h3H,1-2H3. The smallest absolute Gasteiger partial charge is 0.218 e. The van der Waals surface area contributed by atoms with E-state index in [1.54, 1.807) is 12.5 Å². The lowest BCUT2D eigenvalue weighted by atomic mass is 11.0. The van der Waals surface area contributed by atoms with Crippen molar-refractivity contribution in [2.24, 2.45) is 4.36 Å². The van der Waals surface area contributed by atoms with Crippen LogP contribution < -0.4 is 0 Å². The van der Waals surface area contributed by atoms with Crippen molar-refractivity contribution in [3.05, 3.63) is 9.98 Å². The average Bonchev–Trinajstić information content (AvgIpc) is 2.10. The monoisotopic (exact) mass is 254 g/mol. The van der Waals surface area contributed by atoms with E-state index in [1.807, 2.05) is 5.38 Å². The molecule has 0 aliphatic rings. The molecule has 0 saturated heterocycles. The van der Waals surface area contributed by atoms with Crippen LogP contribution in [0.25, 0.3) is 0 Å². The molecular formula is C5H7BrN2OS2. The first-order chi connectivity index (χ1) is 4.97. The topological polar surface area (TPSA) is 42.3 Å². The number of halogens is 1. The van der Waals surface area contributed by atoms with Gasteiger partial charge in [0, 0.05) is 27.6 Å². The van der Waals surface area contributed by atoms with Crippen molar-refractivity contribution in [3.8, 4) is 0 Å². The van der Waals surface area contributed by atoms with Gasteiger partial charge in [-0.05, 0) is 15.9 Å². The first-order valence-electron chi connectivity index (χ1n) is 2.75. The van der Waals surface area contributed by atoms with Gasteiger partial charge in [-0.2, -0.15) is 4.36 Å². The summed E-state index contributed by atoms with van der Waals surface area (Å²) in [4.78, 5) is 3.99. The third-order valence-electron chi connectivity index (χ3n) is 0.762. The number of nitrogens with zero attached hydrogens (tertiary/aromatic N) is 2. The fraction of sp³-hybridized carbons (Fsp3) is 0.400. The minimum atomic E-state index is -2.06. The minimum Gasteiger partial charge on any atom is -0.250 e. The zero-order chi connectivity index (χ0) is 8.48. The third kappa shape index (κ3) is 3.31. The second-order valence-electron chi connectivity index (χ2n) is 2.23. The molecule has 0 aliphatic carbocycles. The Bertz CT molecular complexity index is 356. The molecule has 0 aromatic carbocycles. The van der Waals surface area contributed by atoms with Crippen molar-refractivity contribution in [2.45, 2.75) is 0 Å². The van der Waals surface area contributed by atoms with E-state index >= 15 is 0 Å². The van der Waals surface area contributed by atoms with Gasteiger partial charge in [0.1, 0.15) is 4.60 Å². The van der Waals surface area contributed by atoms with Crippen LogP contribution in [-0.2, 0) is 9.73 Å². The van der Waals surface area contributed by atoms with E-state index in [2.05, 4.69) is 25.3 Å². The van der Waals surface area contributed by atoms with Crippen LogP contribution in [0.5, 0.6) is 0 Å². The van der Waals surface area contributed by atoms with Crippen molar-refractivity contribution in [3.63, 3.8) is 0 Å². The zero-order valence-corrected chi connectivity index (χ0v) is 9.29. The molecule has 1 aromatic rings. The Kier molecular flexibility index (Phi) is 2.66. The van der Waals surface area contributed by atoms with E-state index < -0.39 is 9.73 Å². The largest absolute Gasteiger partial charge is 0.250 e. The summed E-state index contributed by atoms with van der Waals surface area (Å²) in [6.45, 7) is 0. The number of thiazole rings is 1. The van der Waals surface area contributed by atoms with E-state index in [0.29, 0.717) is 5.13 Å². The van der Waals surface area contributed by atoms with Crippen LogP contribution in [0.15, 0.2) is 14.3 Å². The molecule has 1 heterocycles. The number of aromatic nitrogens is 1. The Labute approximate surface area is 78.2 Å². The van der Waals surface area contributed by atoms with Crippen molar-refractivity contribution in [2.75, 3.05) is 12.5 Å². The van der Waals surface area contributed by atoms with Crippen LogP contribution in [-0.4, -0.2) is 21.7 Å². The average molecular weight is 255 g/mol. The van der Waals surface area contributed by atoms with Crippen LogP contribution in [0.2, 0.25) is 0 Å². The molecule has 0 atom stereocenters. The van der Waals surface area contributed by atoms with Crippen molar-refractivity contribution >= 4 is 42.1 Å². The van der Waals surface area contributed by atoms with E-state index in [0.717, 1.165) is 4.60 Å². The highest BCUT2D eigenvalue weighted by Crippen LogP contribution is 2.22. The zero-order valence-electron chi connectivity index (χ0n) is 6.07. The molecule has 0 unspecified atom stereocenters. The lowest BCUT2D eigenvalue weighted by molar-refractivity contribution is 0.684. The summed E-state index contributed by atoms with van der Waals surface area (Å²) >= 11 is 4.56. The maximum atomic E-state index is 11.2. The van der Waals surface area contributed by atoms with Crippen LogP contribution in [0.4, 0.5) is 5.13 Å². The van der Waals surface area contributed by atoms with Gasteiger partial charge in [-0.3, -0.25) is 0 Å². The van der Waals surface area contributed by atoms with Gasteiger partial charge in [0.15, 0.2) is 0 Å². The van der Waals surface area contributed by atoms with Crippen molar-refractivity contribution in [1.82, 2.24) is 4.98 Å². The van der Waals surface area contributed by atoms with Crippen LogP contribution in [0.1, 0.15) is 0 Å². The minimum absolute atomic E-state index is 0.562. The summed E-state index contributed by atoms with van der Waals surface area (Å²) in [7, 11) is -2.06. The Morgan fingerprint density at radius 1 is 1.73 bits per heavy atom. The second-order valence-corrected chi connectivity index (χ2v) is 6.42. The maximum Gasteiger partial charge on any atom is 0.218 e. The number of hydrogen-bond acceptors (Lipinski definition) is 4. The van der Waals surface area contributed by atoms with Crippen LogP contribution in [0, 0.1) is 0 Å². The molecule has 3 nitrogen and oxygen atoms in total. The molecule has 62 valence electrons. The van der Waals surface area contributed by atoms with E-state index in [-0.39, 0.29) is 0 Å². The Morgan fingerprint density at radius 3 is 2.73 bits per heavy atom. The summed E-state index contributed by atoms with van der Waals surface area (Å²) in [6.07, 6.45) is 3.17. The van der Waals surface area contributed by atoms with Gasteiger partial charge >= 0.3 is 0 Å². The van der Waals surface area contributed by atoms with Gasteiger partial charge in [0.05, 0.1) is 0 Å². The van der Waals surface area contributed by atoms with Gasteiger partial charge < -0.3 is 0 Å². The summed E-state index contributed by atoms with van der Waals surface area (Å²) in [5.74, 6) is 0. The van der Waals surface area contributed by atoms with Crippen LogP contribution in [0.3, 0.4) is 0 Å². The second kappa shape index (κ2) is 3.20. The normalized spacial score (nSPS) is 11.5. The number of rotatable bonds is 1. The summed E-state index contributed by atoms with van der Waals surface area (Å²) < 4.78 is 15.8. The molecule has 0 spiro atoms. The van der Waals surface area contributed by atoms with Gasteiger partial charge in [0.2, 0.25) is 5.13 Å². The van der Waals surface area contributed by atoms with Gasteiger partial charge in [-0.25, -0.2) is 9.19 Å². The predicted octanol–water partition coefficient (Wildman–Crippen LogP) is 2.26. The van der Waals surface area contributed by atoms with Crippen LogP contribution >= 0.6 is 27.3 Å². The quantitative estimate of drug-likeness (QED) is 0.772. The highest BCUT2D eigenvalue weighted by atomic mass is 79.9. The first kappa shape index (κ1) is 9.15. The molecule has 0 aliphatic heterocycles.